The van der Waals surface area contributed by atoms with Crippen molar-refractivity contribution in [3.05, 3.63) is 77.6 Å². The van der Waals surface area contributed by atoms with Crippen LogP contribution in [0.2, 0.25) is 0 Å². The van der Waals surface area contributed by atoms with Gasteiger partial charge in [0.05, 0.1) is 16.8 Å². The molecule has 7 nitrogen and oxygen atoms in total. The molecule has 0 radical (unpaired) electrons. The van der Waals surface area contributed by atoms with E-state index in [0.29, 0.717) is 25.2 Å². The van der Waals surface area contributed by atoms with Gasteiger partial charge < -0.3 is 4.90 Å². The summed E-state index contributed by atoms with van der Waals surface area (Å²) in [5.41, 5.74) is 3.61. The van der Waals surface area contributed by atoms with Crippen molar-refractivity contribution >= 4 is 15.9 Å². The number of hydrogen-bond donors (Lipinski definition) is 1. The van der Waals surface area contributed by atoms with E-state index in [1.807, 2.05) is 49.2 Å². The van der Waals surface area contributed by atoms with E-state index in [9.17, 15) is 13.2 Å². The number of amides is 1. The first-order valence-corrected chi connectivity index (χ1v) is 12.3. The van der Waals surface area contributed by atoms with E-state index >= 15 is 0 Å². The van der Waals surface area contributed by atoms with Gasteiger partial charge in [-0.3, -0.25) is 4.79 Å². The lowest BCUT2D eigenvalue weighted by molar-refractivity contribution is 0.0676. The molecule has 2 heterocycles. The Bertz CT molecular complexity index is 1180. The van der Waals surface area contributed by atoms with E-state index < -0.39 is 10.0 Å². The third kappa shape index (κ3) is 5.08. The topological polar surface area (TPSA) is 84.3 Å². The molecule has 4 rings (SSSR count). The molecular weight excluding hydrogens is 424 g/mol. The van der Waals surface area contributed by atoms with Crippen LogP contribution in [0, 0.1) is 19.8 Å². The summed E-state index contributed by atoms with van der Waals surface area (Å²) in [6.45, 7) is 5.44. The van der Waals surface area contributed by atoms with Gasteiger partial charge in [0.25, 0.3) is 5.91 Å². The van der Waals surface area contributed by atoms with Crippen LogP contribution in [-0.2, 0) is 10.0 Å². The molecule has 1 unspecified atom stereocenters. The Morgan fingerprint density at radius 3 is 2.44 bits per heavy atom. The molecule has 0 spiro atoms. The minimum absolute atomic E-state index is 0.0284. The number of piperidine rings is 1. The molecule has 2 aromatic carbocycles. The SMILES string of the molecule is Cc1ccc(S(=O)(=O)NCC2CCCN(C(=O)c3ccc(-n4cc(C)cn4)cc3)C2)cc1. The molecular formula is C24H28N4O3S. The van der Waals surface area contributed by atoms with Crippen molar-refractivity contribution in [3.63, 3.8) is 0 Å². The second kappa shape index (κ2) is 9.26. The highest BCUT2D eigenvalue weighted by atomic mass is 32.2. The van der Waals surface area contributed by atoms with Crippen molar-refractivity contribution in [2.24, 2.45) is 5.92 Å². The number of likely N-dealkylation sites (tertiary alicyclic amines) is 1. The summed E-state index contributed by atoms with van der Waals surface area (Å²) in [5.74, 6) is 0.0542. The van der Waals surface area contributed by atoms with Crippen LogP contribution >= 0.6 is 0 Å². The summed E-state index contributed by atoms with van der Waals surface area (Å²) in [6.07, 6.45) is 5.47. The fraction of sp³-hybridized carbons (Fsp3) is 0.333. The number of carbonyl (C=O) groups excluding carboxylic acids is 1. The number of sulfonamides is 1. The van der Waals surface area contributed by atoms with Crippen LogP contribution in [0.15, 0.2) is 65.8 Å². The molecule has 1 atom stereocenters. The van der Waals surface area contributed by atoms with Gasteiger partial charge in [0.15, 0.2) is 0 Å². The monoisotopic (exact) mass is 452 g/mol. The largest absolute Gasteiger partial charge is 0.338 e. The van der Waals surface area contributed by atoms with Gasteiger partial charge in [0.1, 0.15) is 0 Å². The van der Waals surface area contributed by atoms with Crippen LogP contribution in [0.1, 0.15) is 34.3 Å². The zero-order valence-corrected chi connectivity index (χ0v) is 19.2. The van der Waals surface area contributed by atoms with Gasteiger partial charge in [-0.2, -0.15) is 5.10 Å². The Kier molecular flexibility index (Phi) is 6.43. The van der Waals surface area contributed by atoms with E-state index in [-0.39, 0.29) is 16.7 Å². The first kappa shape index (κ1) is 22.2. The highest BCUT2D eigenvalue weighted by molar-refractivity contribution is 7.89. The third-order valence-corrected chi connectivity index (χ3v) is 7.23. The second-order valence-corrected chi connectivity index (χ2v) is 10.2. The molecule has 3 aromatic rings. The molecule has 1 N–H and O–H groups in total. The maximum Gasteiger partial charge on any atom is 0.253 e. The van der Waals surface area contributed by atoms with Gasteiger partial charge in [-0.25, -0.2) is 17.8 Å². The third-order valence-electron chi connectivity index (χ3n) is 5.79. The fourth-order valence-electron chi connectivity index (χ4n) is 3.94. The molecule has 1 saturated heterocycles. The molecule has 1 aliphatic heterocycles. The van der Waals surface area contributed by atoms with Gasteiger partial charge in [-0.05, 0) is 74.6 Å². The maximum atomic E-state index is 13.0. The van der Waals surface area contributed by atoms with Crippen LogP contribution in [0.4, 0.5) is 0 Å². The summed E-state index contributed by atoms with van der Waals surface area (Å²) < 4.78 is 29.6. The molecule has 0 bridgehead atoms. The summed E-state index contributed by atoms with van der Waals surface area (Å²) in [4.78, 5) is 15.1. The Morgan fingerprint density at radius 1 is 1.06 bits per heavy atom. The summed E-state index contributed by atoms with van der Waals surface area (Å²) in [6, 6.07) is 14.2. The van der Waals surface area contributed by atoms with Crippen molar-refractivity contribution < 1.29 is 13.2 Å². The standard InChI is InChI=1S/C24H28N4O3S/c1-18-5-11-23(12-6-18)32(30,31)26-15-20-4-3-13-27(17-20)24(29)21-7-9-22(10-8-21)28-16-19(2)14-25-28/h5-12,14,16,20,26H,3-4,13,15,17H2,1-2H3. The van der Waals surface area contributed by atoms with E-state index in [4.69, 9.17) is 0 Å². The van der Waals surface area contributed by atoms with Crippen molar-refractivity contribution in [2.45, 2.75) is 31.6 Å². The van der Waals surface area contributed by atoms with E-state index in [1.54, 1.807) is 35.1 Å². The summed E-state index contributed by atoms with van der Waals surface area (Å²) in [5, 5.41) is 4.29. The molecule has 0 saturated carbocycles. The Balaban J connectivity index is 1.37. The van der Waals surface area contributed by atoms with Crippen LogP contribution in [-0.4, -0.2) is 48.6 Å². The molecule has 168 valence electrons. The van der Waals surface area contributed by atoms with Crippen molar-refractivity contribution in [1.82, 2.24) is 19.4 Å². The summed E-state index contributed by atoms with van der Waals surface area (Å²) >= 11 is 0. The zero-order chi connectivity index (χ0) is 22.7. The van der Waals surface area contributed by atoms with Crippen LogP contribution in [0.5, 0.6) is 0 Å². The second-order valence-electron chi connectivity index (χ2n) is 8.43. The molecule has 1 aliphatic rings. The smallest absolute Gasteiger partial charge is 0.253 e. The quantitative estimate of drug-likeness (QED) is 0.622. The lowest BCUT2D eigenvalue weighted by Gasteiger charge is -2.33. The van der Waals surface area contributed by atoms with Gasteiger partial charge in [0, 0.05) is 31.4 Å². The number of benzene rings is 2. The minimum Gasteiger partial charge on any atom is -0.338 e. The number of nitrogens with zero attached hydrogens (tertiary/aromatic N) is 3. The lowest BCUT2D eigenvalue weighted by Crippen LogP contribution is -2.43. The van der Waals surface area contributed by atoms with Crippen LogP contribution in [0.3, 0.4) is 0 Å². The number of carbonyl (C=O) groups is 1. The van der Waals surface area contributed by atoms with Gasteiger partial charge in [-0.15, -0.1) is 0 Å². The average molecular weight is 453 g/mol. The van der Waals surface area contributed by atoms with Crippen LogP contribution < -0.4 is 4.72 Å². The van der Waals surface area contributed by atoms with E-state index in [2.05, 4.69) is 9.82 Å². The molecule has 1 amide bonds. The molecule has 32 heavy (non-hydrogen) atoms. The number of hydrogen-bond acceptors (Lipinski definition) is 4. The number of rotatable bonds is 6. The molecule has 1 aromatic heterocycles. The predicted molar refractivity (Wildman–Crippen MR) is 123 cm³/mol. The van der Waals surface area contributed by atoms with E-state index in [0.717, 1.165) is 29.7 Å². The molecule has 0 aliphatic carbocycles. The highest BCUT2D eigenvalue weighted by Gasteiger charge is 2.26. The van der Waals surface area contributed by atoms with Gasteiger partial charge in [-0.1, -0.05) is 17.7 Å². The predicted octanol–water partition coefficient (Wildman–Crippen LogP) is 3.32. The van der Waals surface area contributed by atoms with Crippen molar-refractivity contribution in [1.29, 1.82) is 0 Å². The highest BCUT2D eigenvalue weighted by Crippen LogP contribution is 2.20. The Labute approximate surface area is 189 Å². The Morgan fingerprint density at radius 2 is 1.78 bits per heavy atom. The first-order valence-electron chi connectivity index (χ1n) is 10.8. The van der Waals surface area contributed by atoms with E-state index in [1.165, 1.54) is 0 Å². The van der Waals surface area contributed by atoms with Crippen LogP contribution in [0.25, 0.3) is 5.69 Å². The van der Waals surface area contributed by atoms with Crippen molar-refractivity contribution in [3.8, 4) is 5.69 Å². The fourth-order valence-corrected chi connectivity index (χ4v) is 5.05. The Hall–Kier alpha value is -2.97. The number of nitrogens with one attached hydrogen (secondary N) is 1. The minimum atomic E-state index is -3.56. The summed E-state index contributed by atoms with van der Waals surface area (Å²) in [7, 11) is -3.56. The zero-order valence-electron chi connectivity index (χ0n) is 18.4. The average Bonchev–Trinajstić information content (AvgIpc) is 3.24. The van der Waals surface area contributed by atoms with Crippen molar-refractivity contribution in [2.75, 3.05) is 19.6 Å². The maximum absolute atomic E-state index is 13.0. The normalized spacial score (nSPS) is 16.8. The molecule has 1 fully saturated rings. The number of aryl methyl sites for hydroxylation is 2. The number of aromatic nitrogens is 2. The molecule has 8 heteroatoms. The van der Waals surface area contributed by atoms with Gasteiger partial charge in [0.2, 0.25) is 10.0 Å². The first-order chi connectivity index (χ1) is 15.3. The van der Waals surface area contributed by atoms with Gasteiger partial charge >= 0.3 is 0 Å². The lowest BCUT2D eigenvalue weighted by atomic mass is 9.97.